The Morgan fingerprint density at radius 2 is 1.89 bits per heavy atom. The van der Waals surface area contributed by atoms with Gasteiger partial charge in [-0.3, -0.25) is 0 Å². The normalized spacial score (nSPS) is 19.8. The van der Waals surface area contributed by atoms with Crippen LogP contribution in [0.4, 0.5) is 0 Å². The lowest BCUT2D eigenvalue weighted by Crippen LogP contribution is -2.44. The third-order valence-electron chi connectivity index (χ3n) is 3.06. The zero-order valence-corrected chi connectivity index (χ0v) is 13.7. The Balaban J connectivity index is 2.29. The van der Waals surface area contributed by atoms with Crippen molar-refractivity contribution >= 4 is 29.7 Å². The Kier molecular flexibility index (Phi) is 5.99. The molecule has 2 N–H and O–H groups in total. The second kappa shape index (κ2) is 6.80. The van der Waals surface area contributed by atoms with Gasteiger partial charge in [-0.05, 0) is 25.2 Å². The van der Waals surface area contributed by atoms with E-state index in [4.69, 9.17) is 12.2 Å². The van der Waals surface area contributed by atoms with Crippen LogP contribution in [0.25, 0.3) is 0 Å². The van der Waals surface area contributed by atoms with E-state index in [0.29, 0.717) is 5.41 Å². The quantitative estimate of drug-likeness (QED) is 0.380. The molecule has 0 aliphatic heterocycles. The van der Waals surface area contributed by atoms with Crippen molar-refractivity contribution in [2.24, 2.45) is 5.41 Å². The standard InChI is InChI=1S/C14H26N2S2/c1-5-15-10-11(13(18)12(10)17)16-9-7-6-8-14(2,3)4/h12,15-17H,5-9H2,1-4H3. The first kappa shape index (κ1) is 15.8. The van der Waals surface area contributed by atoms with E-state index in [1.165, 1.54) is 25.0 Å². The molecule has 0 radical (unpaired) electrons. The number of nitrogens with one attached hydrogen (secondary N) is 2. The Hall–Kier alpha value is -0.220. The fourth-order valence-electron chi connectivity index (χ4n) is 2.01. The maximum atomic E-state index is 5.32. The molecule has 1 unspecified atom stereocenters. The van der Waals surface area contributed by atoms with Crippen molar-refractivity contribution in [1.29, 1.82) is 0 Å². The Morgan fingerprint density at radius 1 is 1.22 bits per heavy atom. The first-order chi connectivity index (χ1) is 8.37. The Labute approximate surface area is 122 Å². The number of thiocarbonyl (C=S) groups is 1. The molecule has 0 saturated carbocycles. The van der Waals surface area contributed by atoms with Crippen LogP contribution in [-0.2, 0) is 0 Å². The van der Waals surface area contributed by atoms with Crippen molar-refractivity contribution in [3.63, 3.8) is 0 Å². The summed E-state index contributed by atoms with van der Waals surface area (Å²) in [5, 5.41) is 6.90. The summed E-state index contributed by atoms with van der Waals surface area (Å²) in [4.78, 5) is 0.949. The molecule has 0 aromatic heterocycles. The average molecular weight is 287 g/mol. The molecule has 0 aromatic carbocycles. The number of allylic oxidation sites excluding steroid dienone is 1. The van der Waals surface area contributed by atoms with Gasteiger partial charge in [0.1, 0.15) is 0 Å². The van der Waals surface area contributed by atoms with Gasteiger partial charge in [0.15, 0.2) is 0 Å². The van der Waals surface area contributed by atoms with E-state index < -0.39 is 0 Å². The van der Waals surface area contributed by atoms with Gasteiger partial charge in [-0.15, -0.1) is 0 Å². The molecule has 1 atom stereocenters. The molecular weight excluding hydrogens is 260 g/mol. The summed E-state index contributed by atoms with van der Waals surface area (Å²) in [6, 6.07) is 0. The van der Waals surface area contributed by atoms with Gasteiger partial charge in [0.05, 0.1) is 21.5 Å². The highest BCUT2D eigenvalue weighted by molar-refractivity contribution is 7.87. The van der Waals surface area contributed by atoms with Gasteiger partial charge in [-0.25, -0.2) is 0 Å². The predicted octanol–water partition coefficient (Wildman–Crippen LogP) is 3.30. The van der Waals surface area contributed by atoms with Crippen LogP contribution in [0.3, 0.4) is 0 Å². The minimum atomic E-state index is 0.122. The highest BCUT2D eigenvalue weighted by atomic mass is 32.1. The van der Waals surface area contributed by atoms with E-state index in [-0.39, 0.29) is 5.25 Å². The Morgan fingerprint density at radius 3 is 2.44 bits per heavy atom. The third kappa shape index (κ3) is 4.47. The average Bonchev–Trinajstić information content (AvgIpc) is 2.29. The third-order valence-corrected chi connectivity index (χ3v) is 4.19. The van der Waals surface area contributed by atoms with Crippen LogP contribution in [0.5, 0.6) is 0 Å². The van der Waals surface area contributed by atoms with Gasteiger partial charge in [0.25, 0.3) is 0 Å². The SMILES string of the molecule is CCNC1=C(NCCCCC(C)(C)C)C(=S)C1S. The lowest BCUT2D eigenvalue weighted by molar-refractivity contribution is 0.360. The lowest BCUT2D eigenvalue weighted by Gasteiger charge is -2.32. The van der Waals surface area contributed by atoms with E-state index in [1.54, 1.807) is 0 Å². The van der Waals surface area contributed by atoms with Gasteiger partial charge in [0.2, 0.25) is 0 Å². The first-order valence-electron chi connectivity index (χ1n) is 6.81. The highest BCUT2D eigenvalue weighted by Gasteiger charge is 2.32. The van der Waals surface area contributed by atoms with Crippen LogP contribution in [-0.4, -0.2) is 23.2 Å². The van der Waals surface area contributed by atoms with E-state index >= 15 is 0 Å². The molecule has 0 spiro atoms. The van der Waals surface area contributed by atoms with Crippen LogP contribution in [0.15, 0.2) is 11.4 Å². The molecule has 0 saturated heterocycles. The lowest BCUT2D eigenvalue weighted by atomic mass is 9.90. The number of thiol groups is 1. The van der Waals surface area contributed by atoms with Gasteiger partial charge in [-0.1, -0.05) is 39.4 Å². The van der Waals surface area contributed by atoms with Crippen LogP contribution < -0.4 is 10.6 Å². The zero-order chi connectivity index (χ0) is 13.8. The summed E-state index contributed by atoms with van der Waals surface area (Å²) in [7, 11) is 0. The van der Waals surface area contributed by atoms with Crippen molar-refractivity contribution in [2.45, 2.75) is 52.2 Å². The minimum Gasteiger partial charge on any atom is -0.386 e. The molecule has 2 nitrogen and oxygen atoms in total. The molecule has 4 heteroatoms. The fraction of sp³-hybridized carbons (Fsp3) is 0.786. The summed E-state index contributed by atoms with van der Waals surface area (Å²) in [5.41, 5.74) is 2.72. The molecular formula is C14H26N2S2. The molecule has 1 aliphatic carbocycles. The van der Waals surface area contributed by atoms with Crippen molar-refractivity contribution < 1.29 is 0 Å². The summed E-state index contributed by atoms with van der Waals surface area (Å²) in [6.07, 6.45) is 3.73. The van der Waals surface area contributed by atoms with Crippen molar-refractivity contribution in [2.75, 3.05) is 13.1 Å². The van der Waals surface area contributed by atoms with Crippen molar-refractivity contribution in [3.8, 4) is 0 Å². The molecule has 0 bridgehead atoms. The van der Waals surface area contributed by atoms with Gasteiger partial charge < -0.3 is 10.6 Å². The fourth-order valence-corrected chi connectivity index (χ4v) is 2.66. The first-order valence-corrected chi connectivity index (χ1v) is 7.73. The summed E-state index contributed by atoms with van der Waals surface area (Å²) in [5.74, 6) is 0. The van der Waals surface area contributed by atoms with E-state index in [0.717, 1.165) is 23.7 Å². The molecule has 0 amide bonds. The number of unbranched alkanes of at least 4 members (excludes halogenated alkanes) is 1. The minimum absolute atomic E-state index is 0.122. The van der Waals surface area contributed by atoms with Crippen LogP contribution in [0.1, 0.15) is 47.0 Å². The topological polar surface area (TPSA) is 24.1 Å². The van der Waals surface area contributed by atoms with Crippen LogP contribution >= 0.6 is 24.8 Å². The molecule has 18 heavy (non-hydrogen) atoms. The second-order valence-corrected chi connectivity index (χ2v) is 6.99. The monoisotopic (exact) mass is 286 g/mol. The smallest absolute Gasteiger partial charge is 0.0807 e. The molecule has 1 rings (SSSR count). The number of hydrogen-bond acceptors (Lipinski definition) is 4. The van der Waals surface area contributed by atoms with Crippen molar-refractivity contribution in [3.05, 3.63) is 11.4 Å². The summed E-state index contributed by atoms with van der Waals surface area (Å²) >= 11 is 9.79. The number of rotatable bonds is 7. The number of hydrogen-bond donors (Lipinski definition) is 3. The molecule has 1 aliphatic rings. The predicted molar refractivity (Wildman–Crippen MR) is 87.4 cm³/mol. The van der Waals surface area contributed by atoms with Crippen LogP contribution in [0.2, 0.25) is 0 Å². The van der Waals surface area contributed by atoms with Crippen molar-refractivity contribution in [1.82, 2.24) is 10.6 Å². The summed E-state index contributed by atoms with van der Waals surface area (Å²) in [6.45, 7) is 10.9. The van der Waals surface area contributed by atoms with E-state index in [2.05, 4.69) is 51.0 Å². The largest absolute Gasteiger partial charge is 0.386 e. The van der Waals surface area contributed by atoms with Gasteiger partial charge >= 0.3 is 0 Å². The molecule has 0 aromatic rings. The maximum absolute atomic E-state index is 5.32. The molecule has 0 fully saturated rings. The highest BCUT2D eigenvalue weighted by Crippen LogP contribution is 2.27. The second-order valence-electron chi connectivity index (χ2n) is 6.03. The maximum Gasteiger partial charge on any atom is 0.0807 e. The van der Waals surface area contributed by atoms with E-state index in [9.17, 15) is 0 Å². The summed E-state index contributed by atoms with van der Waals surface area (Å²) < 4.78 is 0. The molecule has 0 heterocycles. The Bertz CT molecular complexity index is 329. The van der Waals surface area contributed by atoms with E-state index in [1.807, 2.05) is 0 Å². The molecule has 104 valence electrons. The zero-order valence-electron chi connectivity index (χ0n) is 12.0. The van der Waals surface area contributed by atoms with Gasteiger partial charge in [0, 0.05) is 13.1 Å². The van der Waals surface area contributed by atoms with Crippen LogP contribution in [0, 0.1) is 5.41 Å². The van der Waals surface area contributed by atoms with Gasteiger partial charge in [-0.2, -0.15) is 12.6 Å².